The number of alkyl halides is 1. The highest BCUT2D eigenvalue weighted by Gasteiger charge is 2.47. The average Bonchev–Trinajstić information content (AvgIpc) is 2.28. The van der Waals surface area contributed by atoms with E-state index in [-0.39, 0.29) is 16.2 Å². The topological polar surface area (TPSA) is 24.9 Å². The molecule has 0 amide bonds. The second-order valence-electron chi connectivity index (χ2n) is 6.90. The number of nitrogens with one attached hydrogen (secondary N) is 1. The molecule has 1 aliphatic rings. The molecule has 1 fully saturated rings. The van der Waals surface area contributed by atoms with E-state index in [2.05, 4.69) is 57.1 Å². The van der Waals surface area contributed by atoms with Crippen molar-refractivity contribution >= 4 is 17.4 Å². The molecule has 0 saturated heterocycles. The number of pyridine rings is 1. The van der Waals surface area contributed by atoms with Crippen LogP contribution >= 0.6 is 11.6 Å². The maximum absolute atomic E-state index is 6.23. The summed E-state index contributed by atoms with van der Waals surface area (Å²) in [5.74, 6) is 0.949. The summed E-state index contributed by atoms with van der Waals surface area (Å²) in [4.78, 5) is 4.50. The summed E-state index contributed by atoms with van der Waals surface area (Å²) in [7, 11) is 0. The molecule has 2 nitrogen and oxygen atoms in total. The zero-order chi connectivity index (χ0) is 13.6. The molecular weight excluding hydrogens is 244 g/mol. The van der Waals surface area contributed by atoms with Gasteiger partial charge >= 0.3 is 0 Å². The van der Waals surface area contributed by atoms with Crippen LogP contribution in [0.15, 0.2) is 18.3 Å². The van der Waals surface area contributed by atoms with Gasteiger partial charge in [-0.2, -0.15) is 0 Å². The zero-order valence-corrected chi connectivity index (χ0v) is 12.7. The quantitative estimate of drug-likeness (QED) is 0.812. The van der Waals surface area contributed by atoms with Gasteiger partial charge < -0.3 is 5.32 Å². The smallest absolute Gasteiger partial charge is 0.126 e. The molecule has 1 saturated carbocycles. The standard InChI is InChI=1S/C15H23ClN2/c1-14(2,3)10-6-7-13(17-9-10)18-12-8-11(16)15(12,4)5/h6-7,9,11-12H,8H2,1-5H3,(H,17,18). The largest absolute Gasteiger partial charge is 0.367 e. The minimum atomic E-state index is 0.145. The van der Waals surface area contributed by atoms with Crippen LogP contribution in [0, 0.1) is 5.41 Å². The molecule has 100 valence electrons. The minimum Gasteiger partial charge on any atom is -0.367 e. The molecule has 3 heteroatoms. The monoisotopic (exact) mass is 266 g/mol. The summed E-state index contributed by atoms with van der Waals surface area (Å²) >= 11 is 6.23. The average molecular weight is 267 g/mol. The van der Waals surface area contributed by atoms with Crippen molar-refractivity contribution in [1.29, 1.82) is 0 Å². The lowest BCUT2D eigenvalue weighted by atomic mass is 9.67. The molecular formula is C15H23ClN2. The van der Waals surface area contributed by atoms with Crippen molar-refractivity contribution in [3.05, 3.63) is 23.9 Å². The summed E-state index contributed by atoms with van der Waals surface area (Å²) in [6.45, 7) is 11.0. The first-order valence-electron chi connectivity index (χ1n) is 6.58. The second-order valence-corrected chi connectivity index (χ2v) is 7.43. The molecule has 0 bridgehead atoms. The third-order valence-corrected chi connectivity index (χ3v) is 4.84. The van der Waals surface area contributed by atoms with Gasteiger partial charge in [0.15, 0.2) is 0 Å². The fourth-order valence-corrected chi connectivity index (χ4v) is 2.55. The number of nitrogens with zero attached hydrogens (tertiary/aromatic N) is 1. The third kappa shape index (κ3) is 2.49. The van der Waals surface area contributed by atoms with Crippen LogP contribution in [0.25, 0.3) is 0 Å². The van der Waals surface area contributed by atoms with E-state index in [9.17, 15) is 0 Å². The van der Waals surface area contributed by atoms with E-state index in [0.717, 1.165) is 12.2 Å². The Bertz CT molecular complexity index is 417. The highest BCUT2D eigenvalue weighted by atomic mass is 35.5. The van der Waals surface area contributed by atoms with E-state index in [1.54, 1.807) is 0 Å². The first kappa shape index (κ1) is 13.7. The first-order chi connectivity index (χ1) is 8.21. The van der Waals surface area contributed by atoms with E-state index >= 15 is 0 Å². The summed E-state index contributed by atoms with van der Waals surface area (Å²) in [6, 6.07) is 4.64. The van der Waals surface area contributed by atoms with Crippen LogP contribution in [0.1, 0.15) is 46.6 Å². The van der Waals surface area contributed by atoms with Crippen LogP contribution in [-0.2, 0) is 5.41 Å². The number of rotatable bonds is 2. The van der Waals surface area contributed by atoms with Gasteiger partial charge in [0, 0.05) is 23.0 Å². The molecule has 0 radical (unpaired) electrons. The van der Waals surface area contributed by atoms with Crippen molar-refractivity contribution < 1.29 is 0 Å². The van der Waals surface area contributed by atoms with Gasteiger partial charge in [-0.15, -0.1) is 11.6 Å². The van der Waals surface area contributed by atoms with Gasteiger partial charge in [0.1, 0.15) is 5.82 Å². The molecule has 1 aliphatic carbocycles. The first-order valence-corrected chi connectivity index (χ1v) is 7.02. The fourth-order valence-electron chi connectivity index (χ4n) is 2.22. The highest BCUT2D eigenvalue weighted by molar-refractivity contribution is 6.21. The van der Waals surface area contributed by atoms with Gasteiger partial charge in [-0.05, 0) is 23.5 Å². The second kappa shape index (κ2) is 4.41. The van der Waals surface area contributed by atoms with Crippen LogP contribution in [-0.4, -0.2) is 16.4 Å². The van der Waals surface area contributed by atoms with Crippen LogP contribution < -0.4 is 5.32 Å². The Morgan fingerprint density at radius 1 is 1.33 bits per heavy atom. The molecule has 1 aromatic rings. The summed E-state index contributed by atoms with van der Waals surface area (Å²) in [5.41, 5.74) is 1.56. The van der Waals surface area contributed by atoms with Gasteiger partial charge in [0.05, 0.1) is 0 Å². The van der Waals surface area contributed by atoms with Crippen molar-refractivity contribution in [3.63, 3.8) is 0 Å². The van der Waals surface area contributed by atoms with E-state index in [1.807, 2.05) is 6.20 Å². The molecule has 0 spiro atoms. The highest BCUT2D eigenvalue weighted by Crippen LogP contribution is 2.45. The lowest BCUT2D eigenvalue weighted by Gasteiger charge is -2.49. The van der Waals surface area contributed by atoms with E-state index in [0.29, 0.717) is 6.04 Å². The Labute approximate surface area is 115 Å². The zero-order valence-electron chi connectivity index (χ0n) is 11.9. The maximum atomic E-state index is 6.23. The van der Waals surface area contributed by atoms with E-state index in [1.165, 1.54) is 5.56 Å². The van der Waals surface area contributed by atoms with Crippen LogP contribution in [0.3, 0.4) is 0 Å². The number of halogens is 1. The van der Waals surface area contributed by atoms with Gasteiger partial charge in [0.2, 0.25) is 0 Å². The Balaban J connectivity index is 2.04. The number of hydrogen-bond donors (Lipinski definition) is 1. The van der Waals surface area contributed by atoms with Gasteiger partial charge in [-0.1, -0.05) is 40.7 Å². The van der Waals surface area contributed by atoms with Crippen LogP contribution in [0.2, 0.25) is 0 Å². The van der Waals surface area contributed by atoms with Gasteiger partial charge in [0.25, 0.3) is 0 Å². The van der Waals surface area contributed by atoms with Crippen molar-refractivity contribution in [2.24, 2.45) is 5.41 Å². The fraction of sp³-hybridized carbons (Fsp3) is 0.667. The van der Waals surface area contributed by atoms with Gasteiger partial charge in [-0.25, -0.2) is 4.98 Å². The van der Waals surface area contributed by atoms with Gasteiger partial charge in [-0.3, -0.25) is 0 Å². The third-order valence-electron chi connectivity index (χ3n) is 4.10. The molecule has 1 heterocycles. The maximum Gasteiger partial charge on any atom is 0.126 e. The number of hydrogen-bond acceptors (Lipinski definition) is 2. The van der Waals surface area contributed by atoms with Crippen molar-refractivity contribution in [1.82, 2.24) is 4.98 Å². The van der Waals surface area contributed by atoms with E-state index in [4.69, 9.17) is 11.6 Å². The molecule has 1 aromatic heterocycles. The lowest BCUT2D eigenvalue weighted by molar-refractivity contribution is 0.168. The summed E-state index contributed by atoms with van der Waals surface area (Å²) in [6.07, 6.45) is 2.98. The van der Waals surface area contributed by atoms with Crippen molar-refractivity contribution in [2.45, 2.75) is 57.9 Å². The van der Waals surface area contributed by atoms with Crippen LogP contribution in [0.4, 0.5) is 5.82 Å². The molecule has 2 unspecified atom stereocenters. The molecule has 18 heavy (non-hydrogen) atoms. The lowest BCUT2D eigenvalue weighted by Crippen LogP contribution is -2.54. The summed E-state index contributed by atoms with van der Waals surface area (Å²) < 4.78 is 0. The molecule has 2 rings (SSSR count). The number of anilines is 1. The number of aromatic nitrogens is 1. The molecule has 0 aromatic carbocycles. The van der Waals surface area contributed by atoms with E-state index < -0.39 is 0 Å². The Hall–Kier alpha value is -0.760. The SMILES string of the molecule is CC(C)(C)c1ccc(NC2CC(Cl)C2(C)C)nc1. The molecule has 0 aliphatic heterocycles. The Morgan fingerprint density at radius 2 is 2.00 bits per heavy atom. The molecule has 1 N–H and O–H groups in total. The predicted molar refractivity (Wildman–Crippen MR) is 78.4 cm³/mol. The predicted octanol–water partition coefficient (Wildman–Crippen LogP) is 4.20. The van der Waals surface area contributed by atoms with Crippen molar-refractivity contribution in [2.75, 3.05) is 5.32 Å². The Morgan fingerprint density at radius 3 is 2.39 bits per heavy atom. The van der Waals surface area contributed by atoms with Crippen LogP contribution in [0.5, 0.6) is 0 Å². The summed E-state index contributed by atoms with van der Waals surface area (Å²) in [5, 5.41) is 3.75. The van der Waals surface area contributed by atoms with Crippen molar-refractivity contribution in [3.8, 4) is 0 Å². The molecule has 2 atom stereocenters. The normalized spacial score (nSPS) is 26.6. The Kier molecular flexibility index (Phi) is 3.35. The minimum absolute atomic E-state index is 0.145.